The van der Waals surface area contributed by atoms with Gasteiger partial charge in [-0.05, 0) is 59.2 Å². The number of nitrogens with zero attached hydrogens (tertiary/aromatic N) is 1. The van der Waals surface area contributed by atoms with Gasteiger partial charge in [0.2, 0.25) is 0 Å². The molecule has 0 aromatic carbocycles. The molecule has 2 atom stereocenters. The molecular weight excluding hydrogens is 240 g/mol. The fraction of sp³-hybridized carbons (Fsp3) is 0.545. The fourth-order valence-corrected chi connectivity index (χ4v) is 2.46. The van der Waals surface area contributed by atoms with E-state index in [1.54, 1.807) is 0 Å². The lowest BCUT2D eigenvalue weighted by Crippen LogP contribution is -2.07. The van der Waals surface area contributed by atoms with Gasteiger partial charge in [-0.3, -0.25) is 0 Å². The van der Waals surface area contributed by atoms with Crippen LogP contribution in [-0.4, -0.2) is 11.0 Å². The number of nitrogens with one attached hydrogen (secondary N) is 1. The van der Waals surface area contributed by atoms with Crippen LogP contribution >= 0.6 is 15.9 Å². The van der Waals surface area contributed by atoms with Gasteiger partial charge in [0.1, 0.15) is 5.82 Å². The molecule has 1 heterocycles. The molecule has 0 radical (unpaired) electrons. The maximum atomic E-state index is 4.31. The minimum atomic E-state index is 0.689. The third kappa shape index (κ3) is 1.65. The van der Waals surface area contributed by atoms with E-state index in [1.807, 2.05) is 18.3 Å². The lowest BCUT2D eigenvalue weighted by atomic mass is 10.3. The summed E-state index contributed by atoms with van der Waals surface area (Å²) in [5.41, 5.74) is 0. The third-order valence-electron chi connectivity index (χ3n) is 3.15. The third-order valence-corrected chi connectivity index (χ3v) is 3.79. The first-order valence-electron chi connectivity index (χ1n) is 5.21. The van der Waals surface area contributed by atoms with Gasteiger partial charge in [-0.25, -0.2) is 4.98 Å². The van der Waals surface area contributed by atoms with E-state index < -0.39 is 0 Å². The highest BCUT2D eigenvalue weighted by Crippen LogP contribution is 2.51. The second kappa shape index (κ2) is 3.23. The van der Waals surface area contributed by atoms with E-state index in [2.05, 4.69) is 26.2 Å². The van der Waals surface area contributed by atoms with Gasteiger partial charge in [-0.2, -0.15) is 0 Å². The summed E-state index contributed by atoms with van der Waals surface area (Å²) in [6.07, 6.45) is 6.08. The average Bonchev–Trinajstić information content (AvgIpc) is 2.97. The second-order valence-corrected chi connectivity index (χ2v) is 5.18. The molecule has 1 N–H and O–H groups in total. The van der Waals surface area contributed by atoms with Crippen LogP contribution in [0, 0.1) is 11.8 Å². The molecule has 74 valence electrons. The second-order valence-electron chi connectivity index (χ2n) is 4.32. The molecule has 2 nitrogen and oxygen atoms in total. The Hall–Kier alpha value is -0.570. The summed E-state index contributed by atoms with van der Waals surface area (Å²) in [4.78, 5) is 4.31. The number of halogens is 1. The van der Waals surface area contributed by atoms with Crippen LogP contribution in [0.15, 0.2) is 22.8 Å². The normalized spacial score (nSPS) is 30.1. The first-order chi connectivity index (χ1) is 6.84. The topological polar surface area (TPSA) is 24.9 Å². The zero-order valence-electron chi connectivity index (χ0n) is 7.91. The number of hydrogen-bond acceptors (Lipinski definition) is 2. The zero-order valence-corrected chi connectivity index (χ0v) is 9.50. The largest absolute Gasteiger partial charge is 0.366 e. The Morgan fingerprint density at radius 1 is 1.43 bits per heavy atom. The highest BCUT2D eigenvalue weighted by atomic mass is 79.9. The Bertz CT molecular complexity index is 349. The van der Waals surface area contributed by atoms with Gasteiger partial charge >= 0.3 is 0 Å². The molecule has 3 rings (SSSR count). The predicted octanol–water partition coefficient (Wildman–Crippen LogP) is 3.05. The van der Waals surface area contributed by atoms with Crippen molar-refractivity contribution in [3.05, 3.63) is 22.8 Å². The lowest BCUT2D eigenvalue weighted by molar-refractivity contribution is 0.696. The average molecular weight is 253 g/mol. The van der Waals surface area contributed by atoms with E-state index >= 15 is 0 Å². The van der Waals surface area contributed by atoms with Crippen LogP contribution in [0.25, 0.3) is 0 Å². The van der Waals surface area contributed by atoms with Crippen molar-refractivity contribution in [2.24, 2.45) is 11.8 Å². The smallest absolute Gasteiger partial charge is 0.140 e. The number of rotatable bonds is 3. The van der Waals surface area contributed by atoms with E-state index in [4.69, 9.17) is 0 Å². The molecule has 2 unspecified atom stereocenters. The molecule has 2 saturated carbocycles. The zero-order chi connectivity index (χ0) is 9.54. The number of aromatic nitrogens is 1. The van der Waals surface area contributed by atoms with Crippen molar-refractivity contribution in [1.82, 2.24) is 4.98 Å². The molecule has 2 aliphatic rings. The van der Waals surface area contributed by atoms with Crippen molar-refractivity contribution in [3.8, 4) is 0 Å². The standard InChI is InChI=1S/C11H13BrN2/c12-9-2-1-5-13-11(9)14-10-6-8(10)7-3-4-7/h1-2,5,7-8,10H,3-4,6H2,(H,13,14). The van der Waals surface area contributed by atoms with E-state index in [0.717, 1.165) is 22.1 Å². The van der Waals surface area contributed by atoms with E-state index in [1.165, 1.54) is 19.3 Å². The van der Waals surface area contributed by atoms with Crippen molar-refractivity contribution < 1.29 is 0 Å². The van der Waals surface area contributed by atoms with Gasteiger partial charge in [0.25, 0.3) is 0 Å². The first kappa shape index (κ1) is 8.72. The van der Waals surface area contributed by atoms with Crippen LogP contribution in [0.1, 0.15) is 19.3 Å². The van der Waals surface area contributed by atoms with E-state index in [0.29, 0.717) is 6.04 Å². The van der Waals surface area contributed by atoms with Gasteiger partial charge < -0.3 is 5.32 Å². The molecule has 0 saturated heterocycles. The quantitative estimate of drug-likeness (QED) is 0.895. The lowest BCUT2D eigenvalue weighted by Gasteiger charge is -2.05. The fourth-order valence-electron chi connectivity index (χ4n) is 2.09. The molecule has 2 aliphatic carbocycles. The summed E-state index contributed by atoms with van der Waals surface area (Å²) in [5, 5.41) is 3.50. The maximum Gasteiger partial charge on any atom is 0.140 e. The Morgan fingerprint density at radius 2 is 2.29 bits per heavy atom. The number of hydrogen-bond donors (Lipinski definition) is 1. The van der Waals surface area contributed by atoms with Crippen LogP contribution < -0.4 is 5.32 Å². The summed E-state index contributed by atoms with van der Waals surface area (Å²) < 4.78 is 1.07. The highest BCUT2D eigenvalue weighted by Gasteiger charge is 2.47. The van der Waals surface area contributed by atoms with Crippen LogP contribution in [0.5, 0.6) is 0 Å². The molecule has 1 aromatic heterocycles. The van der Waals surface area contributed by atoms with Gasteiger partial charge in [0.15, 0.2) is 0 Å². The van der Waals surface area contributed by atoms with Crippen LogP contribution in [-0.2, 0) is 0 Å². The maximum absolute atomic E-state index is 4.31. The monoisotopic (exact) mass is 252 g/mol. The van der Waals surface area contributed by atoms with Gasteiger partial charge in [-0.1, -0.05) is 0 Å². The molecule has 2 fully saturated rings. The van der Waals surface area contributed by atoms with Crippen LogP contribution in [0.4, 0.5) is 5.82 Å². The van der Waals surface area contributed by atoms with Crippen molar-refractivity contribution in [2.45, 2.75) is 25.3 Å². The van der Waals surface area contributed by atoms with Crippen LogP contribution in [0.3, 0.4) is 0 Å². The molecule has 14 heavy (non-hydrogen) atoms. The molecule has 0 amide bonds. The molecular formula is C11H13BrN2. The van der Waals surface area contributed by atoms with E-state index in [-0.39, 0.29) is 0 Å². The number of anilines is 1. The van der Waals surface area contributed by atoms with Crippen molar-refractivity contribution in [3.63, 3.8) is 0 Å². The SMILES string of the molecule is Brc1cccnc1NC1CC1C1CC1. The molecule has 0 aliphatic heterocycles. The highest BCUT2D eigenvalue weighted by molar-refractivity contribution is 9.10. The summed E-state index contributed by atoms with van der Waals surface area (Å²) in [7, 11) is 0. The summed E-state index contributed by atoms with van der Waals surface area (Å²) in [6, 6.07) is 4.67. The minimum Gasteiger partial charge on any atom is -0.366 e. The van der Waals surface area contributed by atoms with Gasteiger partial charge in [0, 0.05) is 12.2 Å². The number of pyridine rings is 1. The molecule has 1 aromatic rings. The molecule has 0 bridgehead atoms. The van der Waals surface area contributed by atoms with Crippen LogP contribution in [0.2, 0.25) is 0 Å². The Morgan fingerprint density at radius 3 is 3.00 bits per heavy atom. The van der Waals surface area contributed by atoms with Gasteiger partial charge in [0.05, 0.1) is 4.47 Å². The Labute approximate surface area is 92.2 Å². The summed E-state index contributed by atoms with van der Waals surface area (Å²) >= 11 is 3.50. The molecule has 3 heteroatoms. The first-order valence-corrected chi connectivity index (χ1v) is 6.01. The van der Waals surface area contributed by atoms with Gasteiger partial charge in [-0.15, -0.1) is 0 Å². The van der Waals surface area contributed by atoms with Crippen molar-refractivity contribution >= 4 is 21.7 Å². The predicted molar refractivity (Wildman–Crippen MR) is 60.2 cm³/mol. The summed E-state index contributed by atoms with van der Waals surface area (Å²) in [5.74, 6) is 2.96. The van der Waals surface area contributed by atoms with E-state index in [9.17, 15) is 0 Å². The van der Waals surface area contributed by atoms with Crippen molar-refractivity contribution in [2.75, 3.05) is 5.32 Å². The molecule has 0 spiro atoms. The summed E-state index contributed by atoms with van der Waals surface area (Å²) in [6.45, 7) is 0. The minimum absolute atomic E-state index is 0.689. The van der Waals surface area contributed by atoms with Crippen molar-refractivity contribution in [1.29, 1.82) is 0 Å². The Kier molecular flexibility index (Phi) is 2.01. The Balaban J connectivity index is 1.65.